The molecule has 0 saturated carbocycles. The predicted octanol–water partition coefficient (Wildman–Crippen LogP) is 3.20. The van der Waals surface area contributed by atoms with Gasteiger partial charge < -0.3 is 15.2 Å². The van der Waals surface area contributed by atoms with E-state index in [2.05, 4.69) is 5.32 Å². The van der Waals surface area contributed by atoms with Gasteiger partial charge in [-0.05, 0) is 36.0 Å². The van der Waals surface area contributed by atoms with Crippen molar-refractivity contribution >= 4 is 23.6 Å². The summed E-state index contributed by atoms with van der Waals surface area (Å²) in [4.78, 5) is 24.0. The van der Waals surface area contributed by atoms with Gasteiger partial charge in [-0.1, -0.05) is 48.5 Å². The molecular formula is C20H21NO4S. The van der Waals surface area contributed by atoms with Crippen LogP contribution in [-0.2, 0) is 9.59 Å². The first-order valence-corrected chi connectivity index (χ1v) is 9.66. The van der Waals surface area contributed by atoms with Gasteiger partial charge in [0.25, 0.3) is 5.91 Å². The van der Waals surface area contributed by atoms with E-state index in [1.807, 2.05) is 48.5 Å². The molecule has 3 rings (SSSR count). The normalized spacial score (nSPS) is 15.8. The zero-order chi connectivity index (χ0) is 18.4. The molecule has 0 spiro atoms. The van der Waals surface area contributed by atoms with Crippen LogP contribution >= 0.6 is 11.8 Å². The lowest BCUT2D eigenvalue weighted by Crippen LogP contribution is -2.57. The van der Waals surface area contributed by atoms with E-state index in [0.717, 1.165) is 22.6 Å². The van der Waals surface area contributed by atoms with Crippen molar-refractivity contribution < 1.29 is 19.4 Å². The fraction of sp³-hybridized carbons (Fsp3) is 0.300. The van der Waals surface area contributed by atoms with E-state index in [1.165, 1.54) is 0 Å². The highest BCUT2D eigenvalue weighted by Gasteiger charge is 2.41. The van der Waals surface area contributed by atoms with E-state index < -0.39 is 17.4 Å². The Kier molecular flexibility index (Phi) is 5.83. The van der Waals surface area contributed by atoms with Gasteiger partial charge >= 0.3 is 5.97 Å². The summed E-state index contributed by atoms with van der Waals surface area (Å²) in [6, 6.07) is 17.3. The minimum absolute atomic E-state index is 0.216. The summed E-state index contributed by atoms with van der Waals surface area (Å²) in [5, 5.41) is 12.2. The second-order valence-corrected chi connectivity index (χ2v) is 7.42. The molecule has 2 N–H and O–H groups in total. The maximum Gasteiger partial charge on any atom is 0.329 e. The van der Waals surface area contributed by atoms with Crippen molar-refractivity contribution in [3.8, 4) is 16.9 Å². The first-order valence-electron chi connectivity index (χ1n) is 8.50. The van der Waals surface area contributed by atoms with Gasteiger partial charge in [0.2, 0.25) is 0 Å². The van der Waals surface area contributed by atoms with Crippen LogP contribution in [0.1, 0.15) is 12.8 Å². The molecule has 136 valence electrons. The first-order chi connectivity index (χ1) is 12.6. The lowest BCUT2D eigenvalue weighted by atomic mass is 9.92. The van der Waals surface area contributed by atoms with Crippen LogP contribution in [0.25, 0.3) is 11.1 Å². The van der Waals surface area contributed by atoms with Gasteiger partial charge in [-0.15, -0.1) is 0 Å². The van der Waals surface area contributed by atoms with E-state index in [4.69, 9.17) is 4.74 Å². The Morgan fingerprint density at radius 1 is 1.04 bits per heavy atom. The van der Waals surface area contributed by atoms with Crippen molar-refractivity contribution in [1.82, 2.24) is 5.32 Å². The van der Waals surface area contributed by atoms with Crippen molar-refractivity contribution in [2.24, 2.45) is 0 Å². The van der Waals surface area contributed by atoms with Gasteiger partial charge in [-0.3, -0.25) is 4.79 Å². The van der Waals surface area contributed by atoms with E-state index >= 15 is 0 Å². The number of hydrogen-bond acceptors (Lipinski definition) is 4. The third-order valence-electron chi connectivity index (χ3n) is 4.47. The highest BCUT2D eigenvalue weighted by Crippen LogP contribution is 2.30. The lowest BCUT2D eigenvalue weighted by molar-refractivity contribution is -0.148. The number of thioether (sulfide) groups is 1. The predicted molar refractivity (Wildman–Crippen MR) is 102 cm³/mol. The van der Waals surface area contributed by atoms with Crippen LogP contribution in [-0.4, -0.2) is 40.6 Å². The van der Waals surface area contributed by atoms with E-state index in [1.54, 1.807) is 17.8 Å². The largest absolute Gasteiger partial charge is 0.483 e. The Bertz CT molecular complexity index is 772. The van der Waals surface area contributed by atoms with Crippen LogP contribution in [0, 0.1) is 0 Å². The van der Waals surface area contributed by atoms with Gasteiger partial charge in [-0.2, -0.15) is 11.8 Å². The van der Waals surface area contributed by atoms with E-state index in [0.29, 0.717) is 18.6 Å². The van der Waals surface area contributed by atoms with Gasteiger partial charge in [0, 0.05) is 5.56 Å². The smallest absolute Gasteiger partial charge is 0.329 e. The van der Waals surface area contributed by atoms with Gasteiger partial charge in [-0.25, -0.2) is 4.79 Å². The highest BCUT2D eigenvalue weighted by atomic mass is 32.2. The van der Waals surface area contributed by atoms with E-state index in [9.17, 15) is 14.7 Å². The summed E-state index contributed by atoms with van der Waals surface area (Å²) in [6.45, 7) is -0.216. The number of para-hydroxylation sites is 1. The molecule has 2 aromatic carbocycles. The molecule has 1 aliphatic rings. The van der Waals surface area contributed by atoms with Crippen molar-refractivity contribution in [3.05, 3.63) is 54.6 Å². The second kappa shape index (κ2) is 8.27. The number of amides is 1. The molecule has 1 fully saturated rings. The second-order valence-electron chi connectivity index (χ2n) is 6.20. The lowest BCUT2D eigenvalue weighted by Gasteiger charge is -2.33. The maximum atomic E-state index is 12.3. The summed E-state index contributed by atoms with van der Waals surface area (Å²) in [6.07, 6.45) is 0.860. The molecule has 6 heteroatoms. The van der Waals surface area contributed by atoms with Crippen LogP contribution in [0.2, 0.25) is 0 Å². The summed E-state index contributed by atoms with van der Waals surface area (Å²) in [5.74, 6) is 0.657. The number of ether oxygens (including phenoxy) is 1. The Labute approximate surface area is 156 Å². The SMILES string of the molecule is O=C(COc1ccccc1-c1ccccc1)NC1(C(=O)O)CCSCC1. The fourth-order valence-electron chi connectivity index (χ4n) is 3.01. The van der Waals surface area contributed by atoms with Crippen LogP contribution in [0.4, 0.5) is 0 Å². The molecule has 5 nitrogen and oxygen atoms in total. The van der Waals surface area contributed by atoms with Gasteiger partial charge in [0.1, 0.15) is 11.3 Å². The average molecular weight is 371 g/mol. The average Bonchev–Trinajstić information content (AvgIpc) is 2.68. The molecule has 26 heavy (non-hydrogen) atoms. The molecule has 0 aromatic heterocycles. The molecule has 1 heterocycles. The topological polar surface area (TPSA) is 75.6 Å². The Morgan fingerprint density at radius 2 is 1.69 bits per heavy atom. The molecular weight excluding hydrogens is 350 g/mol. The van der Waals surface area contributed by atoms with Crippen molar-refractivity contribution in [2.75, 3.05) is 18.1 Å². The van der Waals surface area contributed by atoms with Crippen LogP contribution < -0.4 is 10.1 Å². The maximum absolute atomic E-state index is 12.3. The van der Waals surface area contributed by atoms with Crippen molar-refractivity contribution in [3.63, 3.8) is 0 Å². The number of carboxylic acid groups (broad SMARTS) is 1. The number of aliphatic carboxylic acids is 1. The first kappa shape index (κ1) is 18.3. The molecule has 1 amide bonds. The molecule has 1 saturated heterocycles. The molecule has 0 unspecified atom stereocenters. The third-order valence-corrected chi connectivity index (χ3v) is 5.45. The summed E-state index contributed by atoms with van der Waals surface area (Å²) >= 11 is 1.71. The number of nitrogens with one attached hydrogen (secondary N) is 1. The molecule has 0 aliphatic carbocycles. The number of carbonyl (C=O) groups excluding carboxylic acids is 1. The standard InChI is InChI=1S/C20H21NO4S/c22-18(21-20(19(23)24)10-12-26-13-11-20)14-25-17-9-5-4-8-16(17)15-6-2-1-3-7-15/h1-9H,10-14H2,(H,21,22)(H,23,24). The van der Waals surface area contributed by atoms with Crippen LogP contribution in [0.3, 0.4) is 0 Å². The summed E-state index contributed by atoms with van der Waals surface area (Å²) < 4.78 is 5.71. The van der Waals surface area contributed by atoms with Crippen molar-refractivity contribution in [2.45, 2.75) is 18.4 Å². The number of carbonyl (C=O) groups is 2. The molecule has 0 atom stereocenters. The van der Waals surface area contributed by atoms with E-state index in [-0.39, 0.29) is 6.61 Å². The fourth-order valence-corrected chi connectivity index (χ4v) is 4.20. The van der Waals surface area contributed by atoms with Crippen LogP contribution in [0.15, 0.2) is 54.6 Å². The number of hydrogen-bond donors (Lipinski definition) is 2. The van der Waals surface area contributed by atoms with Gasteiger partial charge in [0.15, 0.2) is 6.61 Å². The highest BCUT2D eigenvalue weighted by molar-refractivity contribution is 7.99. The number of benzene rings is 2. The number of carboxylic acids is 1. The zero-order valence-electron chi connectivity index (χ0n) is 14.3. The monoisotopic (exact) mass is 371 g/mol. The van der Waals surface area contributed by atoms with Crippen LogP contribution in [0.5, 0.6) is 5.75 Å². The minimum atomic E-state index is -1.18. The molecule has 0 radical (unpaired) electrons. The Balaban J connectivity index is 1.68. The Hall–Kier alpha value is -2.47. The zero-order valence-corrected chi connectivity index (χ0v) is 15.1. The molecule has 0 bridgehead atoms. The summed E-state index contributed by atoms with van der Waals surface area (Å²) in [7, 11) is 0. The summed E-state index contributed by atoms with van der Waals surface area (Å²) in [5.41, 5.74) is 0.711. The van der Waals surface area contributed by atoms with Gasteiger partial charge in [0.05, 0.1) is 0 Å². The quantitative estimate of drug-likeness (QED) is 0.816. The number of rotatable bonds is 6. The minimum Gasteiger partial charge on any atom is -0.483 e. The van der Waals surface area contributed by atoms with Crippen molar-refractivity contribution in [1.29, 1.82) is 0 Å². The molecule has 1 aliphatic heterocycles. The third kappa shape index (κ3) is 4.19. The Morgan fingerprint density at radius 3 is 2.38 bits per heavy atom. The molecule has 2 aromatic rings.